The topological polar surface area (TPSA) is 50.8 Å². The van der Waals surface area contributed by atoms with Crippen molar-refractivity contribution in [3.63, 3.8) is 0 Å². The molecule has 142 valence electrons. The molecule has 2 atom stereocenters. The van der Waals surface area contributed by atoms with Crippen LogP contribution in [0.4, 0.5) is 4.79 Å². The minimum atomic E-state index is -1.73. The fourth-order valence-electron chi connectivity index (χ4n) is 2.25. The van der Waals surface area contributed by atoms with Crippen LogP contribution in [-0.2, 0) is 9.16 Å². The van der Waals surface area contributed by atoms with Crippen LogP contribution in [0, 0.1) is 0 Å². The number of amides is 1. The molecule has 1 saturated heterocycles. The van der Waals surface area contributed by atoms with Gasteiger partial charge in [0.05, 0.1) is 5.37 Å². The van der Waals surface area contributed by atoms with E-state index in [4.69, 9.17) is 9.16 Å². The molecule has 0 spiro atoms. The van der Waals surface area contributed by atoms with Gasteiger partial charge in [-0.25, -0.2) is 4.79 Å². The Hall–Kier alpha value is -0.243. The predicted octanol–water partition coefficient (Wildman–Crippen LogP) is 3.86. The van der Waals surface area contributed by atoms with E-state index in [1.54, 1.807) is 4.90 Å². The summed E-state index contributed by atoms with van der Waals surface area (Å²) in [5, 5.41) is 3.61. The molecule has 1 amide bonds. The molecular formula is C17H36N2O3SSi. The van der Waals surface area contributed by atoms with Crippen LogP contribution in [-0.4, -0.2) is 56.0 Å². The Morgan fingerprint density at radius 3 is 2.29 bits per heavy atom. The molecule has 0 saturated carbocycles. The van der Waals surface area contributed by atoms with Crippen molar-refractivity contribution in [3.8, 4) is 0 Å². The smallest absolute Gasteiger partial charge is 0.410 e. The van der Waals surface area contributed by atoms with E-state index < -0.39 is 13.9 Å². The summed E-state index contributed by atoms with van der Waals surface area (Å²) in [7, 11) is -1.73. The van der Waals surface area contributed by atoms with E-state index >= 15 is 0 Å². The summed E-state index contributed by atoms with van der Waals surface area (Å²) in [4.78, 5) is 14.0. The lowest BCUT2D eigenvalue weighted by atomic mass is 10.1. The Kier molecular flexibility index (Phi) is 7.24. The van der Waals surface area contributed by atoms with E-state index in [0.717, 1.165) is 6.42 Å². The van der Waals surface area contributed by atoms with Gasteiger partial charge in [-0.05, 0) is 45.3 Å². The summed E-state index contributed by atoms with van der Waals surface area (Å²) >= 11 is 4.52. The van der Waals surface area contributed by atoms with Gasteiger partial charge >= 0.3 is 6.09 Å². The lowest BCUT2D eigenvalue weighted by Gasteiger charge is -2.39. The molecule has 1 fully saturated rings. The monoisotopic (exact) mass is 376 g/mol. The molecule has 2 unspecified atom stereocenters. The van der Waals surface area contributed by atoms with Crippen LogP contribution in [0.2, 0.25) is 18.1 Å². The number of hydrogen-bond acceptors (Lipinski definition) is 5. The van der Waals surface area contributed by atoms with Gasteiger partial charge in [-0.2, -0.15) is 12.6 Å². The molecule has 0 aromatic heterocycles. The molecule has 1 heterocycles. The minimum absolute atomic E-state index is 0.0378. The average Bonchev–Trinajstić information content (AvgIpc) is 2.34. The molecule has 1 N–H and O–H groups in total. The third kappa shape index (κ3) is 6.94. The number of carbonyl (C=O) groups excluding carboxylic acids is 1. The SMILES string of the molecule is CC(C)(C)OC(=O)N1CC(S)NC(CCO[Si](C)(C)C(C)(C)C)C1. The van der Waals surface area contributed by atoms with Gasteiger partial charge in [0.2, 0.25) is 0 Å². The number of carbonyl (C=O) groups is 1. The van der Waals surface area contributed by atoms with Gasteiger partial charge in [-0.1, -0.05) is 20.8 Å². The van der Waals surface area contributed by atoms with Crippen LogP contribution >= 0.6 is 12.6 Å². The normalized spacial score (nSPS) is 23.3. The molecular weight excluding hydrogens is 340 g/mol. The number of thiol groups is 1. The zero-order valence-corrected chi connectivity index (χ0v) is 18.5. The third-order valence-corrected chi connectivity index (χ3v) is 9.50. The van der Waals surface area contributed by atoms with E-state index in [0.29, 0.717) is 19.7 Å². The lowest BCUT2D eigenvalue weighted by Crippen LogP contribution is -2.57. The second-order valence-corrected chi connectivity index (χ2v) is 14.6. The molecule has 7 heteroatoms. The summed E-state index contributed by atoms with van der Waals surface area (Å²) in [5.41, 5.74) is -0.477. The first-order valence-electron chi connectivity index (χ1n) is 8.77. The molecule has 1 aliphatic rings. The Bertz CT molecular complexity index is 433. The van der Waals surface area contributed by atoms with Crippen LogP contribution < -0.4 is 5.32 Å². The maximum Gasteiger partial charge on any atom is 0.410 e. The molecule has 24 heavy (non-hydrogen) atoms. The third-order valence-electron chi connectivity index (χ3n) is 4.65. The summed E-state index contributed by atoms with van der Waals surface area (Å²) in [6.45, 7) is 18.8. The van der Waals surface area contributed by atoms with Crippen molar-refractivity contribution in [2.45, 2.75) is 83.1 Å². The van der Waals surface area contributed by atoms with Gasteiger partial charge in [0.25, 0.3) is 0 Å². The largest absolute Gasteiger partial charge is 0.444 e. The van der Waals surface area contributed by atoms with Crippen molar-refractivity contribution in [1.29, 1.82) is 0 Å². The summed E-state index contributed by atoms with van der Waals surface area (Å²) in [6.07, 6.45) is 0.599. The lowest BCUT2D eigenvalue weighted by molar-refractivity contribution is 0.0176. The maximum atomic E-state index is 12.3. The number of nitrogens with zero attached hydrogens (tertiary/aromatic N) is 1. The summed E-state index contributed by atoms with van der Waals surface area (Å²) in [5.74, 6) is 0. The van der Waals surface area contributed by atoms with Gasteiger partial charge in [-0.15, -0.1) is 0 Å². The van der Waals surface area contributed by atoms with Gasteiger partial charge < -0.3 is 14.1 Å². The average molecular weight is 377 g/mol. The Balaban J connectivity index is 2.53. The summed E-state index contributed by atoms with van der Waals surface area (Å²) in [6, 6.07) is 0.179. The molecule has 1 rings (SSSR count). The van der Waals surface area contributed by atoms with Crippen LogP contribution in [0.5, 0.6) is 0 Å². The Morgan fingerprint density at radius 1 is 1.21 bits per heavy atom. The van der Waals surface area contributed by atoms with Crippen molar-refractivity contribution in [2.24, 2.45) is 0 Å². The van der Waals surface area contributed by atoms with Crippen molar-refractivity contribution < 1.29 is 14.0 Å². The van der Waals surface area contributed by atoms with Crippen molar-refractivity contribution in [2.75, 3.05) is 19.7 Å². The molecule has 0 bridgehead atoms. The summed E-state index contributed by atoms with van der Waals surface area (Å²) < 4.78 is 11.7. The number of piperazine rings is 1. The first kappa shape index (κ1) is 21.8. The zero-order valence-electron chi connectivity index (χ0n) is 16.6. The van der Waals surface area contributed by atoms with E-state index in [2.05, 4.69) is 51.8 Å². The van der Waals surface area contributed by atoms with E-state index in [-0.39, 0.29) is 22.5 Å². The van der Waals surface area contributed by atoms with E-state index in [1.165, 1.54) is 0 Å². The van der Waals surface area contributed by atoms with Gasteiger partial charge in [0, 0.05) is 25.7 Å². The van der Waals surface area contributed by atoms with Crippen molar-refractivity contribution in [3.05, 3.63) is 0 Å². The number of rotatable bonds is 4. The van der Waals surface area contributed by atoms with Gasteiger partial charge in [0.15, 0.2) is 8.32 Å². The predicted molar refractivity (Wildman–Crippen MR) is 105 cm³/mol. The van der Waals surface area contributed by atoms with Gasteiger partial charge in [0.1, 0.15) is 5.60 Å². The van der Waals surface area contributed by atoms with Crippen LogP contribution in [0.15, 0.2) is 0 Å². The maximum absolute atomic E-state index is 12.3. The first-order chi connectivity index (χ1) is 10.7. The number of hydrogen-bond donors (Lipinski definition) is 2. The number of ether oxygens (including phenoxy) is 1. The highest BCUT2D eigenvalue weighted by molar-refractivity contribution is 7.80. The molecule has 5 nitrogen and oxygen atoms in total. The van der Waals surface area contributed by atoms with Crippen molar-refractivity contribution >= 4 is 27.0 Å². The first-order valence-corrected chi connectivity index (χ1v) is 12.2. The van der Waals surface area contributed by atoms with Gasteiger partial charge in [-0.3, -0.25) is 5.32 Å². The van der Waals surface area contributed by atoms with Crippen molar-refractivity contribution in [1.82, 2.24) is 10.2 Å². The molecule has 0 aromatic carbocycles. The Morgan fingerprint density at radius 2 is 1.79 bits per heavy atom. The van der Waals surface area contributed by atoms with Crippen LogP contribution in [0.25, 0.3) is 0 Å². The second-order valence-electron chi connectivity index (χ2n) is 9.16. The highest BCUT2D eigenvalue weighted by Gasteiger charge is 2.37. The minimum Gasteiger partial charge on any atom is -0.444 e. The van der Waals surface area contributed by atoms with E-state index in [1.807, 2.05) is 20.8 Å². The fourth-order valence-corrected chi connectivity index (χ4v) is 3.72. The quantitative estimate of drug-likeness (QED) is 0.578. The number of nitrogens with one attached hydrogen (secondary N) is 1. The zero-order chi connectivity index (χ0) is 18.8. The standard InChI is InChI=1S/C17H36N2O3SSi/c1-16(2,3)22-15(20)19-11-13(18-14(23)12-19)9-10-21-24(7,8)17(4,5)6/h13-14,18,23H,9-12H2,1-8H3. The molecule has 0 aliphatic carbocycles. The molecule has 0 aromatic rings. The molecule has 0 radical (unpaired) electrons. The highest BCUT2D eigenvalue weighted by Crippen LogP contribution is 2.36. The van der Waals surface area contributed by atoms with Crippen LogP contribution in [0.1, 0.15) is 48.0 Å². The van der Waals surface area contributed by atoms with E-state index in [9.17, 15) is 4.79 Å². The second kappa shape index (κ2) is 7.97. The fraction of sp³-hybridized carbons (Fsp3) is 0.941. The Labute approximate surface area is 154 Å². The molecule has 1 aliphatic heterocycles. The highest BCUT2D eigenvalue weighted by atomic mass is 32.1. The van der Waals surface area contributed by atoms with Crippen LogP contribution in [0.3, 0.4) is 0 Å².